The lowest BCUT2D eigenvalue weighted by molar-refractivity contribution is -0.143. The first-order valence-corrected chi connectivity index (χ1v) is 12.9. The van der Waals surface area contributed by atoms with E-state index >= 15 is 0 Å². The highest BCUT2D eigenvalue weighted by Gasteiger charge is 2.64. The molecular weight excluding hydrogens is 456 g/mol. The summed E-state index contributed by atoms with van der Waals surface area (Å²) in [6.07, 6.45) is 2.26. The van der Waals surface area contributed by atoms with Crippen LogP contribution in [-0.2, 0) is 16.1 Å². The average Bonchev–Trinajstić information content (AvgIpc) is 3.61. The molecule has 2 saturated carbocycles. The highest BCUT2D eigenvalue weighted by Crippen LogP contribution is 2.60. The van der Waals surface area contributed by atoms with Gasteiger partial charge in [0.2, 0.25) is 5.91 Å². The van der Waals surface area contributed by atoms with E-state index in [-0.39, 0.29) is 52.7 Å². The molecule has 2 fully saturated rings. The standard InChI is InChI=1S/C29H34N2O5/c1-29(2)16-22-24(17-29)31(28(35)36,18-19-8-4-3-5-9-19)23-11-7-6-10-21(23)27(22)30(20-12-13-20)25(32)14-15-26(33)34/h3-11,20,22,24,27H,12-18H2,1-2H3,(H-,33,34,35,36)/p+1/t22-,24+,27-,31+/m0/s1. The third-order valence-electron chi connectivity index (χ3n) is 8.40. The second kappa shape index (κ2) is 9.04. The fourth-order valence-corrected chi connectivity index (χ4v) is 6.91. The minimum absolute atomic E-state index is 0.0335. The topological polar surface area (TPSA) is 94.9 Å². The van der Waals surface area contributed by atoms with Crippen molar-refractivity contribution >= 4 is 23.7 Å². The number of carbonyl (C=O) groups excluding carboxylic acids is 1. The lowest BCUT2D eigenvalue weighted by Crippen LogP contribution is -2.65. The number of aliphatic carboxylic acids is 1. The van der Waals surface area contributed by atoms with Crippen LogP contribution in [0.5, 0.6) is 0 Å². The summed E-state index contributed by atoms with van der Waals surface area (Å²) in [4.78, 5) is 40.1. The van der Waals surface area contributed by atoms with Gasteiger partial charge in [0.15, 0.2) is 0 Å². The zero-order valence-electron chi connectivity index (χ0n) is 21.0. The SMILES string of the molecule is CC1(C)C[C@H]2[C@@H](C1)[N@+](Cc1ccccc1)(C(=O)O)c1ccccc1[C@@H]2N(C(=O)CCC(=O)O)C1CC1. The molecule has 0 saturated heterocycles. The monoisotopic (exact) mass is 491 g/mol. The van der Waals surface area contributed by atoms with Crippen molar-refractivity contribution in [2.45, 2.75) is 77.0 Å². The van der Waals surface area contributed by atoms with Gasteiger partial charge in [0, 0.05) is 42.0 Å². The number of hydrogen-bond donors (Lipinski definition) is 2. The Morgan fingerprint density at radius 1 is 0.944 bits per heavy atom. The maximum Gasteiger partial charge on any atom is 0.519 e. The molecule has 2 N–H and O–H groups in total. The first-order chi connectivity index (χ1) is 17.1. The molecule has 2 aliphatic carbocycles. The molecule has 1 heterocycles. The van der Waals surface area contributed by atoms with E-state index in [1.807, 2.05) is 59.5 Å². The summed E-state index contributed by atoms with van der Waals surface area (Å²) < 4.78 is -0.174. The van der Waals surface area contributed by atoms with Crippen LogP contribution in [0.4, 0.5) is 10.5 Å². The van der Waals surface area contributed by atoms with Crippen LogP contribution in [0.15, 0.2) is 54.6 Å². The van der Waals surface area contributed by atoms with E-state index in [2.05, 4.69) is 13.8 Å². The molecule has 36 heavy (non-hydrogen) atoms. The van der Waals surface area contributed by atoms with Crippen molar-refractivity contribution in [1.29, 1.82) is 0 Å². The van der Waals surface area contributed by atoms with E-state index in [1.54, 1.807) is 0 Å². The van der Waals surface area contributed by atoms with Gasteiger partial charge >= 0.3 is 12.1 Å². The normalized spacial score (nSPS) is 28.1. The van der Waals surface area contributed by atoms with Crippen LogP contribution in [0.3, 0.4) is 0 Å². The summed E-state index contributed by atoms with van der Waals surface area (Å²) in [5.41, 5.74) is 2.53. The number of hydrogen-bond acceptors (Lipinski definition) is 3. The Labute approximate surface area is 211 Å². The van der Waals surface area contributed by atoms with Crippen molar-refractivity contribution in [3.63, 3.8) is 0 Å². The summed E-state index contributed by atoms with van der Waals surface area (Å²) in [6.45, 7) is 4.73. The Balaban J connectivity index is 1.68. The molecule has 190 valence electrons. The molecule has 0 unspecified atom stereocenters. The van der Waals surface area contributed by atoms with Gasteiger partial charge in [-0.05, 0) is 24.7 Å². The molecule has 7 nitrogen and oxygen atoms in total. The lowest BCUT2D eigenvalue weighted by Gasteiger charge is -2.50. The molecule has 3 aliphatic rings. The number of benzene rings is 2. The minimum atomic E-state index is -0.979. The second-order valence-electron chi connectivity index (χ2n) is 11.5. The van der Waals surface area contributed by atoms with E-state index in [0.29, 0.717) is 6.54 Å². The fourth-order valence-electron chi connectivity index (χ4n) is 6.91. The second-order valence-corrected chi connectivity index (χ2v) is 11.5. The van der Waals surface area contributed by atoms with E-state index in [0.717, 1.165) is 42.5 Å². The van der Waals surface area contributed by atoms with Crippen LogP contribution in [0.2, 0.25) is 0 Å². The Morgan fingerprint density at radius 2 is 1.61 bits per heavy atom. The number of rotatable bonds is 7. The quantitative estimate of drug-likeness (QED) is 0.493. The van der Waals surface area contributed by atoms with Crippen molar-refractivity contribution in [2.24, 2.45) is 11.3 Å². The van der Waals surface area contributed by atoms with Gasteiger partial charge in [0.05, 0.1) is 12.5 Å². The van der Waals surface area contributed by atoms with Gasteiger partial charge in [-0.25, -0.2) is 0 Å². The third kappa shape index (κ3) is 4.19. The van der Waals surface area contributed by atoms with Crippen molar-refractivity contribution in [2.75, 3.05) is 0 Å². The molecule has 0 spiro atoms. The van der Waals surface area contributed by atoms with Gasteiger partial charge in [-0.2, -0.15) is 9.28 Å². The summed E-state index contributed by atoms with van der Waals surface area (Å²) in [7, 11) is 0. The Morgan fingerprint density at radius 3 is 2.25 bits per heavy atom. The van der Waals surface area contributed by atoms with Gasteiger partial charge in [-0.1, -0.05) is 62.4 Å². The molecule has 0 bridgehead atoms. The van der Waals surface area contributed by atoms with E-state index < -0.39 is 12.1 Å². The lowest BCUT2D eigenvalue weighted by atomic mass is 9.79. The molecule has 2 aromatic rings. The summed E-state index contributed by atoms with van der Waals surface area (Å²) in [5, 5.41) is 20.2. The van der Waals surface area contributed by atoms with Crippen molar-refractivity contribution in [3.05, 3.63) is 65.7 Å². The van der Waals surface area contributed by atoms with E-state index in [4.69, 9.17) is 0 Å². The number of fused-ring (bicyclic) bond motifs is 2. The number of carboxylic acid groups (broad SMARTS) is 2. The third-order valence-corrected chi connectivity index (χ3v) is 8.40. The number of para-hydroxylation sites is 1. The highest BCUT2D eigenvalue weighted by atomic mass is 16.4. The van der Waals surface area contributed by atoms with Crippen LogP contribution in [0.1, 0.15) is 69.5 Å². The Hall–Kier alpha value is -3.19. The van der Waals surface area contributed by atoms with Crippen molar-refractivity contribution in [1.82, 2.24) is 9.38 Å². The highest BCUT2D eigenvalue weighted by molar-refractivity contribution is 5.86. The van der Waals surface area contributed by atoms with Gasteiger partial charge in [0.1, 0.15) is 18.3 Å². The molecule has 0 radical (unpaired) electrons. The zero-order valence-corrected chi connectivity index (χ0v) is 21.0. The van der Waals surface area contributed by atoms with Gasteiger partial charge in [0.25, 0.3) is 0 Å². The van der Waals surface area contributed by atoms with Gasteiger partial charge in [-0.3, -0.25) is 9.59 Å². The predicted molar refractivity (Wildman–Crippen MR) is 136 cm³/mol. The number of amides is 2. The van der Waals surface area contributed by atoms with Crippen LogP contribution < -0.4 is 4.48 Å². The summed E-state index contributed by atoms with van der Waals surface area (Å²) in [6, 6.07) is 17.2. The fraction of sp³-hybridized carbons (Fsp3) is 0.483. The smallest absolute Gasteiger partial charge is 0.481 e. The molecule has 2 aromatic carbocycles. The summed E-state index contributed by atoms with van der Waals surface area (Å²) in [5.74, 6) is -1.15. The molecule has 0 aromatic heterocycles. The van der Waals surface area contributed by atoms with E-state index in [1.165, 1.54) is 0 Å². The number of quaternary nitrogens is 1. The average molecular weight is 492 g/mol. The zero-order chi connectivity index (χ0) is 25.7. The molecule has 2 amide bonds. The molecule has 5 rings (SSSR count). The number of carboxylic acids is 1. The van der Waals surface area contributed by atoms with Crippen LogP contribution in [-0.4, -0.2) is 45.2 Å². The van der Waals surface area contributed by atoms with Crippen LogP contribution in [0.25, 0.3) is 0 Å². The number of carbonyl (C=O) groups is 3. The first kappa shape index (κ1) is 24.5. The van der Waals surface area contributed by atoms with Crippen molar-refractivity contribution in [3.8, 4) is 0 Å². The largest absolute Gasteiger partial charge is 0.519 e. The van der Waals surface area contributed by atoms with Crippen LogP contribution >= 0.6 is 0 Å². The van der Waals surface area contributed by atoms with Crippen molar-refractivity contribution < 1.29 is 24.6 Å². The van der Waals surface area contributed by atoms with Gasteiger partial charge < -0.3 is 15.1 Å². The maximum atomic E-state index is 13.5. The maximum absolute atomic E-state index is 13.5. The number of nitrogens with zero attached hydrogens (tertiary/aromatic N) is 2. The predicted octanol–water partition coefficient (Wildman–Crippen LogP) is 5.59. The molecule has 1 aliphatic heterocycles. The van der Waals surface area contributed by atoms with E-state index in [9.17, 15) is 24.6 Å². The summed E-state index contributed by atoms with van der Waals surface area (Å²) >= 11 is 0. The molecular formula is C29H35N2O5+. The molecule has 4 atom stereocenters. The van der Waals surface area contributed by atoms with Gasteiger partial charge in [-0.15, -0.1) is 0 Å². The molecule has 7 heteroatoms. The first-order valence-electron chi connectivity index (χ1n) is 12.9. The van der Waals surface area contributed by atoms with Crippen LogP contribution in [0, 0.1) is 11.3 Å². The Kier molecular flexibility index (Phi) is 6.15. The Bertz CT molecular complexity index is 1180. The minimum Gasteiger partial charge on any atom is -0.481 e.